The third kappa shape index (κ3) is 2.98. The summed E-state index contributed by atoms with van der Waals surface area (Å²) < 4.78 is 139. The second-order valence-electron chi connectivity index (χ2n) is 2.98. The van der Waals surface area contributed by atoms with Crippen molar-refractivity contribution in [2.24, 2.45) is 0 Å². The number of hydrogen-bond acceptors (Lipinski definition) is 2. The summed E-state index contributed by atoms with van der Waals surface area (Å²) in [6.45, 7) is 0. The van der Waals surface area contributed by atoms with Crippen LogP contribution in [0.15, 0.2) is 0 Å². The van der Waals surface area contributed by atoms with Crippen molar-refractivity contribution in [2.75, 3.05) is 5.75 Å². The number of sulfone groups is 1. The van der Waals surface area contributed by atoms with Crippen LogP contribution in [0.5, 0.6) is 0 Å². The highest BCUT2D eigenvalue weighted by Gasteiger charge is 2.75. The van der Waals surface area contributed by atoms with Gasteiger partial charge in [-0.05, 0) is 0 Å². The van der Waals surface area contributed by atoms with E-state index < -0.39 is 39.1 Å². The molecular weight excluding hydrogens is 314 g/mol. The van der Waals surface area contributed by atoms with Gasteiger partial charge in [0.1, 0.15) is 5.75 Å². The van der Waals surface area contributed by atoms with Gasteiger partial charge in [0.05, 0.1) is 0 Å². The minimum Gasteiger partial charge on any atom is -0.219 e. The van der Waals surface area contributed by atoms with E-state index in [9.17, 15) is 52.3 Å². The van der Waals surface area contributed by atoms with Crippen LogP contribution in [0, 0.1) is 0 Å². The van der Waals surface area contributed by atoms with Crippen molar-refractivity contribution >= 4 is 9.84 Å². The monoisotopic (exact) mass is 316 g/mol. The average Bonchev–Trinajstić information content (AvgIpc) is 1.96. The van der Waals surface area contributed by atoms with Gasteiger partial charge in [-0.15, -0.1) is 0 Å². The first kappa shape index (κ1) is 17.2. The number of halogens is 10. The zero-order chi connectivity index (χ0) is 15.2. The second-order valence-corrected chi connectivity index (χ2v) is 4.96. The Balaban J connectivity index is 5.48. The van der Waals surface area contributed by atoms with Gasteiger partial charge < -0.3 is 0 Å². The zero-order valence-corrected chi connectivity index (χ0v) is 8.53. The van der Waals surface area contributed by atoms with E-state index in [1.807, 2.05) is 0 Å². The third-order valence-electron chi connectivity index (χ3n) is 1.54. The van der Waals surface area contributed by atoms with Crippen LogP contribution in [0.1, 0.15) is 0 Å². The summed E-state index contributed by atoms with van der Waals surface area (Å²) in [6.07, 6.45) is -6.89. The highest BCUT2D eigenvalue weighted by molar-refractivity contribution is 7.92. The normalized spacial score (nSPS) is 15.9. The average molecular weight is 316 g/mol. The Bertz CT molecular complexity index is 401. The van der Waals surface area contributed by atoms with Crippen molar-refractivity contribution in [3.63, 3.8) is 0 Å². The summed E-state index contributed by atoms with van der Waals surface area (Å²) in [7, 11) is -6.83. The van der Waals surface area contributed by atoms with Crippen molar-refractivity contribution in [3.05, 3.63) is 0 Å². The molecular formula is C5H2F10O2S. The van der Waals surface area contributed by atoms with Crippen molar-refractivity contribution in [1.29, 1.82) is 0 Å². The van der Waals surface area contributed by atoms with Gasteiger partial charge in [0.2, 0.25) is 0 Å². The molecule has 0 fully saturated rings. The molecule has 0 N–H and O–H groups in total. The molecule has 0 aromatic heterocycles. The van der Waals surface area contributed by atoms with E-state index in [2.05, 4.69) is 0 Å². The van der Waals surface area contributed by atoms with Gasteiger partial charge >= 0.3 is 23.5 Å². The van der Waals surface area contributed by atoms with Crippen LogP contribution in [-0.2, 0) is 9.84 Å². The Hall–Kier alpha value is -0.750. The molecule has 0 rings (SSSR count). The van der Waals surface area contributed by atoms with E-state index in [1.165, 1.54) is 0 Å². The molecule has 0 aliphatic rings. The van der Waals surface area contributed by atoms with Crippen molar-refractivity contribution in [2.45, 2.75) is 23.5 Å². The fraction of sp³-hybridized carbons (Fsp3) is 1.00. The minimum absolute atomic E-state index is 3.70. The van der Waals surface area contributed by atoms with Crippen LogP contribution in [0.3, 0.4) is 0 Å². The summed E-state index contributed by atoms with van der Waals surface area (Å²) in [6, 6.07) is 0. The molecule has 13 heteroatoms. The smallest absolute Gasteiger partial charge is 0.219 e. The van der Waals surface area contributed by atoms with Gasteiger partial charge in [0.25, 0.3) is 9.84 Å². The first-order valence-corrected chi connectivity index (χ1v) is 5.22. The van der Waals surface area contributed by atoms with Crippen LogP contribution in [0.25, 0.3) is 0 Å². The number of rotatable bonds is 3. The van der Waals surface area contributed by atoms with Gasteiger partial charge in [-0.2, -0.15) is 43.9 Å². The summed E-state index contributed by atoms with van der Waals surface area (Å²) in [5.41, 5.74) is -6.36. The van der Waals surface area contributed by atoms with E-state index in [0.29, 0.717) is 0 Å². The highest BCUT2D eigenvalue weighted by atomic mass is 32.2. The maximum atomic E-state index is 12.4. The van der Waals surface area contributed by atoms with Gasteiger partial charge in [0, 0.05) is 0 Å². The lowest BCUT2D eigenvalue weighted by molar-refractivity contribution is -0.348. The van der Waals surface area contributed by atoms with Crippen LogP contribution in [-0.4, -0.2) is 37.7 Å². The van der Waals surface area contributed by atoms with Crippen LogP contribution in [0.2, 0.25) is 0 Å². The topological polar surface area (TPSA) is 34.1 Å². The van der Waals surface area contributed by atoms with Gasteiger partial charge in [-0.1, -0.05) is 0 Å². The molecule has 0 atom stereocenters. The van der Waals surface area contributed by atoms with E-state index >= 15 is 0 Å². The molecule has 0 saturated carbocycles. The largest absolute Gasteiger partial charge is 0.497 e. The maximum Gasteiger partial charge on any atom is 0.497 e. The van der Waals surface area contributed by atoms with Crippen LogP contribution >= 0.6 is 0 Å². The summed E-state index contributed by atoms with van der Waals surface area (Å²) in [5, 5.41) is 0. The highest BCUT2D eigenvalue weighted by Crippen LogP contribution is 2.47. The maximum absolute atomic E-state index is 12.4. The molecule has 0 bridgehead atoms. The van der Waals surface area contributed by atoms with Gasteiger partial charge in [-0.25, -0.2) is 8.42 Å². The minimum atomic E-state index is -6.90. The molecule has 0 aromatic carbocycles. The lowest BCUT2D eigenvalue weighted by Gasteiger charge is -2.28. The molecule has 0 saturated heterocycles. The van der Waals surface area contributed by atoms with Gasteiger partial charge in [0.15, 0.2) is 0 Å². The van der Waals surface area contributed by atoms with E-state index in [0.717, 1.165) is 0 Å². The van der Waals surface area contributed by atoms with Gasteiger partial charge in [-0.3, -0.25) is 0 Å². The number of alkyl halides is 10. The molecule has 0 unspecified atom stereocenters. The Morgan fingerprint density at radius 3 is 1.28 bits per heavy atom. The molecule has 0 radical (unpaired) electrons. The Morgan fingerprint density at radius 1 is 0.722 bits per heavy atom. The molecule has 110 valence electrons. The zero-order valence-electron chi connectivity index (χ0n) is 7.71. The molecule has 0 aliphatic carbocycles. The SMILES string of the molecule is O=S(=O)(CC(F)(F)C(F)(F)C(F)(F)F)C(F)(F)F. The van der Waals surface area contributed by atoms with Crippen molar-refractivity contribution < 1.29 is 52.3 Å². The number of hydrogen-bond donors (Lipinski definition) is 0. The summed E-state index contributed by atoms with van der Waals surface area (Å²) >= 11 is 0. The molecule has 0 aliphatic heterocycles. The predicted octanol–water partition coefficient (Wildman–Crippen LogP) is 2.75. The molecule has 0 heterocycles. The Labute approximate surface area is 92.5 Å². The van der Waals surface area contributed by atoms with E-state index in [4.69, 9.17) is 0 Å². The summed E-state index contributed by atoms with van der Waals surface area (Å²) in [4.78, 5) is 0. The van der Waals surface area contributed by atoms with Crippen LogP contribution in [0.4, 0.5) is 43.9 Å². The lowest BCUT2D eigenvalue weighted by atomic mass is 10.2. The van der Waals surface area contributed by atoms with Crippen molar-refractivity contribution in [3.8, 4) is 0 Å². The second kappa shape index (κ2) is 4.13. The summed E-state index contributed by atoms with van der Waals surface area (Å²) in [5.74, 6) is -17.0. The van der Waals surface area contributed by atoms with E-state index in [1.54, 1.807) is 0 Å². The molecule has 18 heavy (non-hydrogen) atoms. The van der Waals surface area contributed by atoms with E-state index in [-0.39, 0.29) is 0 Å². The van der Waals surface area contributed by atoms with Crippen LogP contribution < -0.4 is 0 Å². The predicted molar refractivity (Wildman–Crippen MR) is 35.8 cm³/mol. The standard InChI is InChI=1S/C5H2F10O2S/c6-2(7,3(8,9)4(10,11)12)1-18(16,17)5(13,14)15/h1H2. The fourth-order valence-corrected chi connectivity index (χ4v) is 1.44. The first-order chi connectivity index (χ1) is 7.46. The molecule has 0 amide bonds. The third-order valence-corrected chi connectivity index (χ3v) is 2.99. The quantitative estimate of drug-likeness (QED) is 0.750. The fourth-order valence-electron chi connectivity index (χ4n) is 0.618. The molecule has 0 spiro atoms. The molecule has 0 aromatic rings. The Kier molecular flexibility index (Phi) is 3.96. The first-order valence-electron chi connectivity index (χ1n) is 3.57. The lowest BCUT2D eigenvalue weighted by Crippen LogP contribution is -2.56. The Morgan fingerprint density at radius 2 is 1.06 bits per heavy atom. The molecule has 2 nitrogen and oxygen atoms in total. The van der Waals surface area contributed by atoms with Crippen molar-refractivity contribution in [1.82, 2.24) is 0 Å².